The summed E-state index contributed by atoms with van der Waals surface area (Å²) in [4.78, 5) is 9.61. The SMILES string of the molecule is CCCc1nc(C2SCCSC2CC)nc(NC)c1Br. The maximum atomic E-state index is 4.86. The minimum Gasteiger partial charge on any atom is -0.372 e. The third-order valence-corrected chi connectivity index (χ3v) is 7.44. The van der Waals surface area contributed by atoms with E-state index in [1.807, 2.05) is 18.8 Å². The molecule has 1 aliphatic rings. The van der Waals surface area contributed by atoms with Crippen molar-refractivity contribution < 1.29 is 0 Å². The van der Waals surface area contributed by atoms with E-state index in [1.165, 1.54) is 17.9 Å². The van der Waals surface area contributed by atoms with Crippen LogP contribution in [0.4, 0.5) is 5.82 Å². The molecule has 0 aromatic carbocycles. The number of anilines is 1. The monoisotopic (exact) mass is 375 g/mol. The molecule has 2 unspecified atom stereocenters. The van der Waals surface area contributed by atoms with Gasteiger partial charge in [0.15, 0.2) is 0 Å². The van der Waals surface area contributed by atoms with Gasteiger partial charge in [0.05, 0.1) is 15.4 Å². The number of hydrogen-bond acceptors (Lipinski definition) is 5. The van der Waals surface area contributed by atoms with Crippen molar-refractivity contribution >= 4 is 45.3 Å². The van der Waals surface area contributed by atoms with Crippen molar-refractivity contribution in [2.24, 2.45) is 0 Å². The van der Waals surface area contributed by atoms with Crippen LogP contribution >= 0.6 is 39.5 Å². The molecule has 20 heavy (non-hydrogen) atoms. The summed E-state index contributed by atoms with van der Waals surface area (Å²) in [6.45, 7) is 4.45. The molecule has 0 radical (unpaired) electrons. The van der Waals surface area contributed by atoms with E-state index < -0.39 is 0 Å². The molecule has 0 aliphatic carbocycles. The molecule has 1 fully saturated rings. The summed E-state index contributed by atoms with van der Waals surface area (Å²) in [5.41, 5.74) is 1.13. The summed E-state index contributed by atoms with van der Waals surface area (Å²) in [5.74, 6) is 4.37. The third kappa shape index (κ3) is 3.63. The van der Waals surface area contributed by atoms with Crippen LogP contribution in [0.15, 0.2) is 4.47 Å². The lowest BCUT2D eigenvalue weighted by Crippen LogP contribution is -2.21. The van der Waals surface area contributed by atoms with Gasteiger partial charge in [-0.3, -0.25) is 0 Å². The van der Waals surface area contributed by atoms with Crippen molar-refractivity contribution in [3.8, 4) is 0 Å². The second kappa shape index (κ2) is 7.90. The van der Waals surface area contributed by atoms with E-state index in [0.29, 0.717) is 10.5 Å². The van der Waals surface area contributed by atoms with Crippen LogP contribution in [0.1, 0.15) is 43.5 Å². The first-order valence-electron chi connectivity index (χ1n) is 7.18. The minimum absolute atomic E-state index is 0.426. The van der Waals surface area contributed by atoms with Crippen molar-refractivity contribution in [3.05, 3.63) is 16.0 Å². The Balaban J connectivity index is 2.36. The molecule has 1 saturated heterocycles. The van der Waals surface area contributed by atoms with Gasteiger partial charge in [-0.2, -0.15) is 11.8 Å². The molecular formula is C14H22BrN3S2. The largest absolute Gasteiger partial charge is 0.372 e. The molecule has 0 amide bonds. The molecule has 3 nitrogen and oxygen atoms in total. The normalized spacial score (nSPS) is 22.8. The quantitative estimate of drug-likeness (QED) is 0.817. The summed E-state index contributed by atoms with van der Waals surface area (Å²) in [7, 11) is 1.92. The Bertz CT molecular complexity index is 456. The Hall–Kier alpha value is 0.0600. The summed E-state index contributed by atoms with van der Waals surface area (Å²) < 4.78 is 1.02. The zero-order valence-corrected chi connectivity index (χ0v) is 15.5. The van der Waals surface area contributed by atoms with E-state index in [2.05, 4.69) is 46.9 Å². The first kappa shape index (κ1) is 16.4. The molecule has 1 N–H and O–H groups in total. The molecule has 2 atom stereocenters. The first-order valence-corrected chi connectivity index (χ1v) is 10.1. The van der Waals surface area contributed by atoms with Gasteiger partial charge in [-0.15, -0.1) is 11.8 Å². The van der Waals surface area contributed by atoms with Crippen molar-refractivity contribution in [2.45, 2.75) is 43.6 Å². The van der Waals surface area contributed by atoms with Crippen LogP contribution in [-0.2, 0) is 6.42 Å². The summed E-state index contributed by atoms with van der Waals surface area (Å²) >= 11 is 7.72. The summed E-state index contributed by atoms with van der Waals surface area (Å²) in [6, 6.07) is 0. The van der Waals surface area contributed by atoms with Gasteiger partial charge in [-0.25, -0.2) is 9.97 Å². The average molecular weight is 376 g/mol. The van der Waals surface area contributed by atoms with Gasteiger partial charge in [0.25, 0.3) is 0 Å². The Labute approximate surface area is 138 Å². The van der Waals surface area contributed by atoms with Gasteiger partial charge in [0.1, 0.15) is 11.6 Å². The highest BCUT2D eigenvalue weighted by atomic mass is 79.9. The number of rotatable bonds is 5. The number of halogens is 1. The molecule has 2 rings (SSSR count). The van der Waals surface area contributed by atoms with Crippen molar-refractivity contribution in [3.63, 3.8) is 0 Å². The van der Waals surface area contributed by atoms with Crippen LogP contribution in [-0.4, -0.2) is 33.8 Å². The summed E-state index contributed by atoms with van der Waals surface area (Å²) in [6.07, 6.45) is 3.27. The second-order valence-corrected chi connectivity index (χ2v) is 8.19. The molecular weight excluding hydrogens is 354 g/mol. The molecule has 1 aliphatic heterocycles. The van der Waals surface area contributed by atoms with Crippen LogP contribution in [0, 0.1) is 0 Å². The highest BCUT2D eigenvalue weighted by Crippen LogP contribution is 2.43. The second-order valence-electron chi connectivity index (χ2n) is 4.80. The van der Waals surface area contributed by atoms with Crippen LogP contribution in [0.2, 0.25) is 0 Å². The zero-order valence-electron chi connectivity index (χ0n) is 12.3. The fourth-order valence-electron chi connectivity index (χ4n) is 2.35. The fourth-order valence-corrected chi connectivity index (χ4v) is 5.92. The number of hydrogen-bond donors (Lipinski definition) is 1. The summed E-state index contributed by atoms with van der Waals surface area (Å²) in [5, 5.41) is 4.25. The molecule has 6 heteroatoms. The van der Waals surface area contributed by atoms with Crippen molar-refractivity contribution in [2.75, 3.05) is 23.9 Å². The zero-order chi connectivity index (χ0) is 14.5. The fraction of sp³-hybridized carbons (Fsp3) is 0.714. The lowest BCUT2D eigenvalue weighted by atomic mass is 10.2. The van der Waals surface area contributed by atoms with Crippen LogP contribution in [0.3, 0.4) is 0 Å². The highest BCUT2D eigenvalue weighted by molar-refractivity contribution is 9.10. The van der Waals surface area contributed by atoms with Crippen molar-refractivity contribution in [1.29, 1.82) is 0 Å². The van der Waals surface area contributed by atoms with Gasteiger partial charge in [-0.1, -0.05) is 20.3 Å². The molecule has 0 bridgehead atoms. The van der Waals surface area contributed by atoms with Gasteiger partial charge < -0.3 is 5.32 Å². The number of aryl methyl sites for hydroxylation is 1. The Kier molecular flexibility index (Phi) is 6.49. The predicted molar refractivity (Wildman–Crippen MR) is 95.0 cm³/mol. The Morgan fingerprint density at radius 3 is 2.65 bits per heavy atom. The van der Waals surface area contributed by atoms with Crippen molar-refractivity contribution in [1.82, 2.24) is 9.97 Å². The standard InChI is InChI=1S/C14H22BrN3S2/c1-4-6-9-11(15)13(16-3)18-14(17-9)12-10(5-2)19-7-8-20-12/h10,12H,4-8H2,1-3H3,(H,16,17,18). The van der Waals surface area contributed by atoms with Gasteiger partial charge >= 0.3 is 0 Å². The Morgan fingerprint density at radius 2 is 2.00 bits per heavy atom. The first-order chi connectivity index (χ1) is 9.71. The molecule has 0 saturated carbocycles. The lowest BCUT2D eigenvalue weighted by molar-refractivity contribution is 0.734. The van der Waals surface area contributed by atoms with Gasteiger partial charge in [0, 0.05) is 23.8 Å². The third-order valence-electron chi connectivity index (χ3n) is 3.37. The minimum atomic E-state index is 0.426. The van der Waals surface area contributed by atoms with E-state index in [-0.39, 0.29) is 0 Å². The van der Waals surface area contributed by atoms with Gasteiger partial charge in [0.2, 0.25) is 0 Å². The van der Waals surface area contributed by atoms with E-state index in [1.54, 1.807) is 0 Å². The Morgan fingerprint density at radius 1 is 1.25 bits per heavy atom. The van der Waals surface area contributed by atoms with E-state index >= 15 is 0 Å². The molecule has 112 valence electrons. The number of aromatic nitrogens is 2. The molecule has 0 spiro atoms. The average Bonchev–Trinajstić information content (AvgIpc) is 2.49. The maximum Gasteiger partial charge on any atom is 0.145 e. The molecule has 1 aromatic rings. The molecule has 1 aromatic heterocycles. The van der Waals surface area contributed by atoms with Crippen LogP contribution in [0.25, 0.3) is 0 Å². The topological polar surface area (TPSA) is 37.8 Å². The van der Waals surface area contributed by atoms with Gasteiger partial charge in [-0.05, 0) is 28.8 Å². The number of nitrogens with one attached hydrogen (secondary N) is 1. The number of nitrogens with zero attached hydrogens (tertiary/aromatic N) is 2. The molecule has 2 heterocycles. The predicted octanol–water partition coefficient (Wildman–Crippen LogP) is 4.53. The van der Waals surface area contributed by atoms with E-state index in [0.717, 1.165) is 34.7 Å². The lowest BCUT2D eigenvalue weighted by Gasteiger charge is -2.29. The van der Waals surface area contributed by atoms with Crippen LogP contribution < -0.4 is 5.32 Å². The van der Waals surface area contributed by atoms with Crippen LogP contribution in [0.5, 0.6) is 0 Å². The smallest absolute Gasteiger partial charge is 0.145 e. The highest BCUT2D eigenvalue weighted by Gasteiger charge is 2.29. The maximum absolute atomic E-state index is 4.86. The number of thioether (sulfide) groups is 2. The van der Waals surface area contributed by atoms with E-state index in [4.69, 9.17) is 9.97 Å². The van der Waals surface area contributed by atoms with E-state index in [9.17, 15) is 0 Å².